The summed E-state index contributed by atoms with van der Waals surface area (Å²) in [5.74, 6) is 0.607. The molecule has 0 aliphatic heterocycles. The number of ether oxygens (including phenoxy) is 1. The van der Waals surface area contributed by atoms with Crippen molar-refractivity contribution in [3.05, 3.63) is 28.8 Å². The highest BCUT2D eigenvalue weighted by Gasteiger charge is 2.39. The first-order valence-corrected chi connectivity index (χ1v) is 5.11. The highest BCUT2D eigenvalue weighted by molar-refractivity contribution is 6.30. The zero-order chi connectivity index (χ0) is 10.9. The van der Waals surface area contributed by atoms with Crippen molar-refractivity contribution in [3.8, 4) is 11.8 Å². The van der Waals surface area contributed by atoms with Gasteiger partial charge in [0.05, 0.1) is 17.2 Å². The molecule has 0 spiro atoms. The van der Waals surface area contributed by atoms with E-state index in [9.17, 15) is 0 Å². The molecule has 1 aromatic rings. The quantitative estimate of drug-likeness (QED) is 0.852. The Labute approximate surface area is 93.4 Å². The third kappa shape index (κ3) is 2.62. The van der Waals surface area contributed by atoms with Crippen LogP contribution in [0.1, 0.15) is 18.4 Å². The van der Waals surface area contributed by atoms with E-state index in [0.717, 1.165) is 12.8 Å². The Kier molecular flexibility index (Phi) is 2.56. The molecule has 1 fully saturated rings. The van der Waals surface area contributed by atoms with Crippen LogP contribution in [0.25, 0.3) is 0 Å². The molecule has 1 aliphatic rings. The molecule has 0 saturated heterocycles. The van der Waals surface area contributed by atoms with Crippen molar-refractivity contribution in [2.24, 2.45) is 5.73 Å². The Hall–Kier alpha value is -1.24. The van der Waals surface area contributed by atoms with Gasteiger partial charge >= 0.3 is 0 Å². The Morgan fingerprint density at radius 1 is 1.47 bits per heavy atom. The Balaban J connectivity index is 2.07. The van der Waals surface area contributed by atoms with Crippen molar-refractivity contribution in [1.82, 2.24) is 0 Å². The van der Waals surface area contributed by atoms with Gasteiger partial charge in [0.15, 0.2) is 0 Å². The van der Waals surface area contributed by atoms with Crippen molar-refractivity contribution in [2.75, 3.05) is 6.61 Å². The van der Waals surface area contributed by atoms with Gasteiger partial charge in [-0.15, -0.1) is 0 Å². The number of benzene rings is 1. The zero-order valence-electron chi connectivity index (χ0n) is 8.16. The maximum atomic E-state index is 8.74. The lowest BCUT2D eigenvalue weighted by Crippen LogP contribution is -2.29. The van der Waals surface area contributed by atoms with E-state index in [1.807, 2.05) is 6.07 Å². The molecular weight excluding hydrogens is 212 g/mol. The molecule has 0 heterocycles. The zero-order valence-corrected chi connectivity index (χ0v) is 8.92. The molecule has 1 aromatic carbocycles. The first-order valence-electron chi connectivity index (χ1n) is 4.74. The summed E-state index contributed by atoms with van der Waals surface area (Å²) in [5, 5.41) is 9.24. The van der Waals surface area contributed by atoms with Gasteiger partial charge in [-0.1, -0.05) is 11.6 Å². The van der Waals surface area contributed by atoms with Gasteiger partial charge < -0.3 is 10.5 Å². The minimum atomic E-state index is -0.158. The van der Waals surface area contributed by atoms with E-state index in [0.29, 0.717) is 22.9 Å². The van der Waals surface area contributed by atoms with Crippen molar-refractivity contribution in [3.63, 3.8) is 0 Å². The molecule has 0 amide bonds. The van der Waals surface area contributed by atoms with E-state index in [1.165, 1.54) is 0 Å². The van der Waals surface area contributed by atoms with Crippen LogP contribution in [-0.2, 0) is 0 Å². The molecule has 3 nitrogen and oxygen atoms in total. The van der Waals surface area contributed by atoms with Gasteiger partial charge in [-0.25, -0.2) is 0 Å². The summed E-state index contributed by atoms with van der Waals surface area (Å²) in [7, 11) is 0. The fourth-order valence-electron chi connectivity index (χ4n) is 1.24. The molecule has 1 aliphatic carbocycles. The van der Waals surface area contributed by atoms with E-state index >= 15 is 0 Å². The number of nitrogens with two attached hydrogens (primary N) is 1. The van der Waals surface area contributed by atoms with Crippen molar-refractivity contribution in [1.29, 1.82) is 5.26 Å². The standard InChI is InChI=1S/C11H11ClN2O/c12-9-3-8(6-13)4-10(5-9)15-7-11(14)1-2-11/h3-5H,1-2,7,14H2. The van der Waals surface area contributed by atoms with Gasteiger partial charge in [-0.2, -0.15) is 5.26 Å². The second-order valence-electron chi connectivity index (χ2n) is 3.94. The van der Waals surface area contributed by atoms with Crippen LogP contribution in [0.5, 0.6) is 5.75 Å². The smallest absolute Gasteiger partial charge is 0.122 e. The molecule has 1 saturated carbocycles. The predicted octanol–water partition coefficient (Wildman–Crippen LogP) is 2.08. The first-order chi connectivity index (χ1) is 7.11. The molecule has 0 atom stereocenters. The molecule has 78 valence electrons. The second kappa shape index (κ2) is 3.73. The highest BCUT2D eigenvalue weighted by atomic mass is 35.5. The number of halogens is 1. The molecule has 15 heavy (non-hydrogen) atoms. The molecule has 0 unspecified atom stereocenters. The molecule has 2 rings (SSSR count). The lowest BCUT2D eigenvalue weighted by Gasteiger charge is -2.11. The van der Waals surface area contributed by atoms with Gasteiger partial charge in [0.2, 0.25) is 0 Å². The molecular formula is C11H11ClN2O. The normalized spacial score (nSPS) is 16.9. The van der Waals surface area contributed by atoms with Crippen molar-refractivity contribution >= 4 is 11.6 Å². The van der Waals surface area contributed by atoms with E-state index in [2.05, 4.69) is 0 Å². The fourth-order valence-corrected chi connectivity index (χ4v) is 1.47. The van der Waals surface area contributed by atoms with Gasteiger partial charge in [-0.05, 0) is 31.0 Å². The largest absolute Gasteiger partial charge is 0.492 e. The van der Waals surface area contributed by atoms with Crippen LogP contribution in [0.4, 0.5) is 0 Å². The van der Waals surface area contributed by atoms with Crippen LogP contribution in [0.3, 0.4) is 0 Å². The lowest BCUT2D eigenvalue weighted by molar-refractivity contribution is 0.279. The van der Waals surface area contributed by atoms with Crippen LogP contribution < -0.4 is 10.5 Å². The molecule has 4 heteroatoms. The van der Waals surface area contributed by atoms with Crippen LogP contribution in [0.2, 0.25) is 5.02 Å². The van der Waals surface area contributed by atoms with Gasteiger partial charge in [0.1, 0.15) is 12.4 Å². The lowest BCUT2D eigenvalue weighted by atomic mass is 10.2. The van der Waals surface area contributed by atoms with Crippen molar-refractivity contribution < 1.29 is 4.74 Å². The third-order valence-corrected chi connectivity index (χ3v) is 2.64. The van der Waals surface area contributed by atoms with E-state index in [1.54, 1.807) is 18.2 Å². The number of nitriles is 1. The van der Waals surface area contributed by atoms with Crippen LogP contribution >= 0.6 is 11.6 Å². The summed E-state index contributed by atoms with van der Waals surface area (Å²) in [5.41, 5.74) is 6.22. The summed E-state index contributed by atoms with van der Waals surface area (Å²) >= 11 is 5.83. The van der Waals surface area contributed by atoms with E-state index in [4.69, 9.17) is 27.3 Å². The minimum absolute atomic E-state index is 0.158. The highest BCUT2D eigenvalue weighted by Crippen LogP contribution is 2.33. The Morgan fingerprint density at radius 3 is 2.80 bits per heavy atom. The van der Waals surface area contributed by atoms with Crippen molar-refractivity contribution in [2.45, 2.75) is 18.4 Å². The fraction of sp³-hybridized carbons (Fsp3) is 0.364. The number of nitrogens with zero attached hydrogens (tertiary/aromatic N) is 1. The predicted molar refractivity (Wildman–Crippen MR) is 57.8 cm³/mol. The molecule has 2 N–H and O–H groups in total. The van der Waals surface area contributed by atoms with Gasteiger partial charge in [0, 0.05) is 5.02 Å². The Bertz CT molecular complexity index is 421. The molecule has 0 bridgehead atoms. The summed E-state index contributed by atoms with van der Waals surface area (Å²) in [4.78, 5) is 0. The number of hydrogen-bond acceptors (Lipinski definition) is 3. The monoisotopic (exact) mass is 222 g/mol. The van der Waals surface area contributed by atoms with E-state index < -0.39 is 0 Å². The minimum Gasteiger partial charge on any atom is -0.492 e. The van der Waals surface area contributed by atoms with E-state index in [-0.39, 0.29) is 5.54 Å². The summed E-state index contributed by atoms with van der Waals surface area (Å²) in [6.45, 7) is 0.484. The topological polar surface area (TPSA) is 59.0 Å². The SMILES string of the molecule is N#Cc1cc(Cl)cc(OCC2(N)CC2)c1. The average molecular weight is 223 g/mol. The van der Waals surface area contributed by atoms with Crippen LogP contribution in [0, 0.1) is 11.3 Å². The summed E-state index contributed by atoms with van der Waals surface area (Å²) < 4.78 is 5.50. The summed E-state index contributed by atoms with van der Waals surface area (Å²) in [6, 6.07) is 6.98. The first kappa shape index (κ1) is 10.3. The number of rotatable bonds is 3. The van der Waals surface area contributed by atoms with Gasteiger partial charge in [0.25, 0.3) is 0 Å². The maximum absolute atomic E-state index is 8.74. The maximum Gasteiger partial charge on any atom is 0.122 e. The average Bonchev–Trinajstić information content (AvgIpc) is 2.94. The molecule has 0 aromatic heterocycles. The summed E-state index contributed by atoms with van der Waals surface area (Å²) in [6.07, 6.45) is 2.00. The molecule has 0 radical (unpaired) electrons. The van der Waals surface area contributed by atoms with Gasteiger partial charge in [-0.3, -0.25) is 0 Å². The second-order valence-corrected chi connectivity index (χ2v) is 4.37. The van der Waals surface area contributed by atoms with Crippen LogP contribution in [0.15, 0.2) is 18.2 Å². The third-order valence-electron chi connectivity index (χ3n) is 2.42. The number of hydrogen-bond donors (Lipinski definition) is 1. The van der Waals surface area contributed by atoms with Crippen LogP contribution in [-0.4, -0.2) is 12.1 Å². The Morgan fingerprint density at radius 2 is 2.20 bits per heavy atom.